The van der Waals surface area contributed by atoms with E-state index in [-0.39, 0.29) is 10.3 Å². The summed E-state index contributed by atoms with van der Waals surface area (Å²) in [7, 11) is -1.55. The van der Waals surface area contributed by atoms with Crippen molar-refractivity contribution in [1.82, 2.24) is 19.8 Å². The van der Waals surface area contributed by atoms with Gasteiger partial charge in [0.2, 0.25) is 10.0 Å². The number of aromatic nitrogens is 2. The molecule has 1 heterocycles. The molecule has 0 aliphatic rings. The van der Waals surface area contributed by atoms with E-state index in [1.807, 2.05) is 7.05 Å². The van der Waals surface area contributed by atoms with Crippen molar-refractivity contribution in [3.05, 3.63) is 12.4 Å². The average Bonchev–Trinajstić information content (AvgIpc) is 2.77. The van der Waals surface area contributed by atoms with Crippen molar-refractivity contribution in [2.24, 2.45) is 5.41 Å². The maximum absolute atomic E-state index is 12.1. The van der Waals surface area contributed by atoms with Crippen LogP contribution in [0.15, 0.2) is 17.3 Å². The first kappa shape index (κ1) is 17.1. The van der Waals surface area contributed by atoms with Gasteiger partial charge in [-0.3, -0.25) is 4.68 Å². The summed E-state index contributed by atoms with van der Waals surface area (Å²) >= 11 is 0. The number of sulfonamides is 1. The van der Waals surface area contributed by atoms with E-state index in [1.54, 1.807) is 10.9 Å². The second-order valence-electron chi connectivity index (χ2n) is 6.10. The van der Waals surface area contributed by atoms with Gasteiger partial charge in [0.15, 0.2) is 0 Å². The molecule has 0 aliphatic heterocycles. The molecule has 0 unspecified atom stereocenters. The summed E-state index contributed by atoms with van der Waals surface area (Å²) in [6, 6.07) is 0. The fourth-order valence-corrected chi connectivity index (χ4v) is 2.65. The van der Waals surface area contributed by atoms with E-state index < -0.39 is 10.0 Å². The van der Waals surface area contributed by atoms with Gasteiger partial charge in [-0.15, -0.1) is 0 Å². The normalized spacial score (nSPS) is 12.8. The third-order valence-corrected chi connectivity index (χ3v) is 4.32. The Kier molecular flexibility index (Phi) is 6.16. The number of nitrogens with one attached hydrogen (secondary N) is 2. The lowest BCUT2D eigenvalue weighted by Crippen LogP contribution is -2.27. The van der Waals surface area contributed by atoms with Gasteiger partial charge in [0.25, 0.3) is 0 Å². The SMILES string of the molecule is CNCCCn1cc(S(=O)(=O)NCCC(C)(C)C)cn1. The molecule has 0 spiro atoms. The van der Waals surface area contributed by atoms with Crippen LogP contribution in [-0.4, -0.2) is 38.3 Å². The van der Waals surface area contributed by atoms with Gasteiger partial charge in [0.05, 0.1) is 6.20 Å². The van der Waals surface area contributed by atoms with Crippen molar-refractivity contribution in [2.75, 3.05) is 20.1 Å². The number of hydrogen-bond acceptors (Lipinski definition) is 4. The van der Waals surface area contributed by atoms with E-state index in [4.69, 9.17) is 0 Å². The van der Waals surface area contributed by atoms with Crippen molar-refractivity contribution in [3.63, 3.8) is 0 Å². The highest BCUT2D eigenvalue weighted by molar-refractivity contribution is 7.89. The first-order valence-corrected chi connectivity index (χ1v) is 8.40. The summed E-state index contributed by atoms with van der Waals surface area (Å²) in [5.41, 5.74) is 0.111. The minimum absolute atomic E-state index is 0.111. The Morgan fingerprint density at radius 1 is 1.30 bits per heavy atom. The van der Waals surface area contributed by atoms with Crippen molar-refractivity contribution < 1.29 is 8.42 Å². The molecular weight excluding hydrogens is 276 g/mol. The van der Waals surface area contributed by atoms with E-state index in [1.165, 1.54) is 6.20 Å². The summed E-state index contributed by atoms with van der Waals surface area (Å²) in [5, 5.41) is 7.13. The van der Waals surface area contributed by atoms with E-state index in [9.17, 15) is 8.42 Å². The molecule has 1 rings (SSSR count). The standard InChI is InChI=1S/C13H26N4O2S/c1-13(2,3)6-8-16-20(18,19)12-10-15-17(11-12)9-5-7-14-4/h10-11,14,16H,5-9H2,1-4H3. The molecular formula is C13H26N4O2S. The Balaban J connectivity index is 2.55. The third kappa shape index (κ3) is 6.02. The van der Waals surface area contributed by atoms with Crippen LogP contribution >= 0.6 is 0 Å². The Bertz CT molecular complexity index is 503. The van der Waals surface area contributed by atoms with Crippen LogP contribution in [0.2, 0.25) is 0 Å². The van der Waals surface area contributed by atoms with Gasteiger partial charge in [0.1, 0.15) is 4.90 Å². The minimum atomic E-state index is -3.44. The predicted molar refractivity (Wildman–Crippen MR) is 80.0 cm³/mol. The summed E-state index contributed by atoms with van der Waals surface area (Å²) in [6.45, 7) is 8.28. The first-order valence-electron chi connectivity index (χ1n) is 6.91. The maximum Gasteiger partial charge on any atom is 0.243 e. The van der Waals surface area contributed by atoms with Crippen LogP contribution in [0.1, 0.15) is 33.6 Å². The smallest absolute Gasteiger partial charge is 0.243 e. The second kappa shape index (κ2) is 7.19. The molecule has 116 valence electrons. The highest BCUT2D eigenvalue weighted by Gasteiger charge is 2.17. The lowest BCUT2D eigenvalue weighted by molar-refractivity contribution is 0.378. The topological polar surface area (TPSA) is 76.0 Å². The van der Waals surface area contributed by atoms with E-state index >= 15 is 0 Å². The zero-order valence-corrected chi connectivity index (χ0v) is 13.6. The van der Waals surface area contributed by atoms with Gasteiger partial charge >= 0.3 is 0 Å². The van der Waals surface area contributed by atoms with Crippen LogP contribution in [0.3, 0.4) is 0 Å². The lowest BCUT2D eigenvalue weighted by Gasteiger charge is -2.17. The monoisotopic (exact) mass is 302 g/mol. The molecule has 0 aliphatic carbocycles. The van der Waals surface area contributed by atoms with Gasteiger partial charge < -0.3 is 5.32 Å². The Labute approximate surface area is 122 Å². The second-order valence-corrected chi connectivity index (χ2v) is 7.87. The number of aryl methyl sites for hydroxylation is 1. The molecule has 0 amide bonds. The van der Waals surface area contributed by atoms with E-state index in [0.717, 1.165) is 19.4 Å². The molecule has 0 bridgehead atoms. The van der Waals surface area contributed by atoms with Gasteiger partial charge in [-0.25, -0.2) is 13.1 Å². The van der Waals surface area contributed by atoms with Crippen LogP contribution in [-0.2, 0) is 16.6 Å². The summed E-state index contributed by atoms with van der Waals surface area (Å²) in [6.07, 6.45) is 4.69. The lowest BCUT2D eigenvalue weighted by atomic mass is 9.93. The highest BCUT2D eigenvalue weighted by atomic mass is 32.2. The Morgan fingerprint density at radius 2 is 2.00 bits per heavy atom. The van der Waals surface area contributed by atoms with Crippen molar-refractivity contribution in [2.45, 2.75) is 45.1 Å². The van der Waals surface area contributed by atoms with Crippen molar-refractivity contribution in [1.29, 1.82) is 0 Å². The largest absolute Gasteiger partial charge is 0.320 e. The molecule has 0 saturated carbocycles. The minimum Gasteiger partial charge on any atom is -0.320 e. The molecule has 20 heavy (non-hydrogen) atoms. The summed E-state index contributed by atoms with van der Waals surface area (Å²) in [5.74, 6) is 0. The number of nitrogens with zero attached hydrogens (tertiary/aromatic N) is 2. The quantitative estimate of drug-likeness (QED) is 0.708. The Hall–Kier alpha value is -0.920. The van der Waals surface area contributed by atoms with Crippen LogP contribution in [0.4, 0.5) is 0 Å². The van der Waals surface area contributed by atoms with E-state index in [2.05, 4.69) is 35.9 Å². The third-order valence-electron chi connectivity index (χ3n) is 2.90. The number of rotatable bonds is 8. The zero-order chi connectivity index (χ0) is 15.2. The molecule has 6 nitrogen and oxygen atoms in total. The Morgan fingerprint density at radius 3 is 2.60 bits per heavy atom. The molecule has 1 aromatic rings. The molecule has 0 atom stereocenters. The average molecular weight is 302 g/mol. The van der Waals surface area contributed by atoms with Crippen molar-refractivity contribution >= 4 is 10.0 Å². The van der Waals surface area contributed by atoms with Gasteiger partial charge in [-0.1, -0.05) is 20.8 Å². The zero-order valence-electron chi connectivity index (χ0n) is 12.8. The fraction of sp³-hybridized carbons (Fsp3) is 0.769. The molecule has 2 N–H and O–H groups in total. The van der Waals surface area contributed by atoms with Crippen LogP contribution in [0.25, 0.3) is 0 Å². The van der Waals surface area contributed by atoms with Crippen LogP contribution in [0.5, 0.6) is 0 Å². The van der Waals surface area contributed by atoms with E-state index in [0.29, 0.717) is 13.1 Å². The molecule has 0 aromatic carbocycles. The molecule has 1 aromatic heterocycles. The predicted octanol–water partition coefficient (Wildman–Crippen LogP) is 1.21. The van der Waals surface area contributed by atoms with Crippen molar-refractivity contribution in [3.8, 4) is 0 Å². The number of hydrogen-bond donors (Lipinski definition) is 2. The van der Waals surface area contributed by atoms with Gasteiger partial charge in [-0.2, -0.15) is 5.10 Å². The van der Waals surface area contributed by atoms with Gasteiger partial charge in [-0.05, 0) is 31.8 Å². The summed E-state index contributed by atoms with van der Waals surface area (Å²) < 4.78 is 28.5. The van der Waals surface area contributed by atoms with Crippen LogP contribution in [0, 0.1) is 5.41 Å². The first-order chi connectivity index (χ1) is 9.24. The molecule has 0 saturated heterocycles. The molecule has 0 radical (unpaired) electrons. The molecule has 0 fully saturated rings. The molecule has 7 heteroatoms. The van der Waals surface area contributed by atoms with Crippen LogP contribution < -0.4 is 10.0 Å². The fourth-order valence-electron chi connectivity index (χ4n) is 1.67. The van der Waals surface area contributed by atoms with Gasteiger partial charge in [0, 0.05) is 19.3 Å². The highest BCUT2D eigenvalue weighted by Crippen LogP contribution is 2.17. The summed E-state index contributed by atoms with van der Waals surface area (Å²) in [4.78, 5) is 0.232. The maximum atomic E-state index is 12.1.